The fourth-order valence-corrected chi connectivity index (χ4v) is 3.47. The molecule has 0 saturated carbocycles. The van der Waals surface area contributed by atoms with Gasteiger partial charge < -0.3 is 4.74 Å². The molecule has 1 atom stereocenters. The third kappa shape index (κ3) is 3.32. The Morgan fingerprint density at radius 1 is 1.04 bits per heavy atom. The lowest BCUT2D eigenvalue weighted by atomic mass is 9.95. The highest BCUT2D eigenvalue weighted by atomic mass is 35.5. The largest absolute Gasteiger partial charge is 0.465 e. The Hall–Kier alpha value is -1.81. The number of hydrogen-bond donors (Lipinski definition) is 0. The number of halogens is 3. The summed E-state index contributed by atoms with van der Waals surface area (Å²) in [7, 11) is 0. The SMILES string of the molecule is Cl.O=C1OCCC1c1cc(-c2ccccc2Cl)c2cc(Cl)ccc2n1. The molecule has 128 valence electrons. The van der Waals surface area contributed by atoms with E-state index in [0.717, 1.165) is 22.0 Å². The lowest BCUT2D eigenvalue weighted by molar-refractivity contribution is -0.139. The molecule has 1 aromatic heterocycles. The molecule has 3 aromatic rings. The van der Waals surface area contributed by atoms with Gasteiger partial charge in [0.1, 0.15) is 5.92 Å². The second-order valence-electron chi connectivity index (χ2n) is 5.74. The molecule has 1 fully saturated rings. The van der Waals surface area contributed by atoms with Crippen LogP contribution >= 0.6 is 35.6 Å². The standard InChI is InChI=1S/C19H13Cl2NO2.ClH/c20-11-5-6-17-15(9-11)14(12-3-1-2-4-16(12)21)10-18(22-17)13-7-8-24-19(13)23;/h1-6,9-10,13H,7-8H2;1H. The van der Waals surface area contributed by atoms with Crippen molar-refractivity contribution in [3.63, 3.8) is 0 Å². The summed E-state index contributed by atoms with van der Waals surface area (Å²) in [4.78, 5) is 16.6. The summed E-state index contributed by atoms with van der Waals surface area (Å²) < 4.78 is 5.09. The van der Waals surface area contributed by atoms with Crippen molar-refractivity contribution in [2.45, 2.75) is 12.3 Å². The Kier molecular flexibility index (Phi) is 5.19. The number of carbonyl (C=O) groups is 1. The van der Waals surface area contributed by atoms with E-state index in [2.05, 4.69) is 4.98 Å². The maximum atomic E-state index is 12.0. The summed E-state index contributed by atoms with van der Waals surface area (Å²) in [6.07, 6.45) is 0.646. The molecule has 2 heterocycles. The van der Waals surface area contributed by atoms with E-state index in [0.29, 0.717) is 28.8 Å². The number of hydrogen-bond acceptors (Lipinski definition) is 3. The number of fused-ring (bicyclic) bond motifs is 1. The van der Waals surface area contributed by atoms with Gasteiger partial charge in [-0.15, -0.1) is 12.4 Å². The minimum atomic E-state index is -0.327. The van der Waals surface area contributed by atoms with Crippen molar-refractivity contribution in [1.29, 1.82) is 0 Å². The summed E-state index contributed by atoms with van der Waals surface area (Å²) in [6.45, 7) is 0.436. The molecule has 3 nitrogen and oxygen atoms in total. The Morgan fingerprint density at radius 3 is 2.56 bits per heavy atom. The van der Waals surface area contributed by atoms with Gasteiger partial charge in [0.2, 0.25) is 0 Å². The first-order valence-electron chi connectivity index (χ1n) is 7.65. The number of cyclic esters (lactones) is 1. The van der Waals surface area contributed by atoms with E-state index in [-0.39, 0.29) is 24.3 Å². The average molecular weight is 395 g/mol. The molecule has 1 aliphatic heterocycles. The Labute approximate surface area is 161 Å². The van der Waals surface area contributed by atoms with E-state index < -0.39 is 0 Å². The summed E-state index contributed by atoms with van der Waals surface area (Å²) in [6, 6.07) is 15.1. The van der Waals surface area contributed by atoms with Crippen LogP contribution < -0.4 is 0 Å². The number of benzene rings is 2. The van der Waals surface area contributed by atoms with E-state index in [4.69, 9.17) is 27.9 Å². The summed E-state index contributed by atoms with van der Waals surface area (Å²) in [5, 5.41) is 2.18. The van der Waals surface area contributed by atoms with Gasteiger partial charge in [-0.3, -0.25) is 9.78 Å². The minimum absolute atomic E-state index is 0. The fraction of sp³-hybridized carbons (Fsp3) is 0.158. The number of ether oxygens (including phenoxy) is 1. The van der Waals surface area contributed by atoms with E-state index in [1.807, 2.05) is 42.5 Å². The molecule has 0 bridgehead atoms. The van der Waals surface area contributed by atoms with Crippen LogP contribution in [0.1, 0.15) is 18.0 Å². The number of aromatic nitrogens is 1. The van der Waals surface area contributed by atoms with E-state index in [1.54, 1.807) is 6.07 Å². The topological polar surface area (TPSA) is 39.2 Å². The van der Waals surface area contributed by atoms with Gasteiger partial charge in [0.25, 0.3) is 0 Å². The third-order valence-corrected chi connectivity index (χ3v) is 4.81. The molecule has 4 rings (SSSR count). The molecular weight excluding hydrogens is 381 g/mol. The van der Waals surface area contributed by atoms with Gasteiger partial charge >= 0.3 is 5.97 Å². The van der Waals surface area contributed by atoms with Gasteiger partial charge in [0.05, 0.1) is 17.8 Å². The number of carbonyl (C=O) groups excluding carboxylic acids is 1. The first-order valence-corrected chi connectivity index (χ1v) is 8.41. The van der Waals surface area contributed by atoms with Crippen LogP contribution in [0.4, 0.5) is 0 Å². The summed E-state index contributed by atoms with van der Waals surface area (Å²) in [5.41, 5.74) is 3.30. The lowest BCUT2D eigenvalue weighted by Crippen LogP contribution is -2.08. The number of pyridine rings is 1. The van der Waals surface area contributed by atoms with Gasteiger partial charge in [-0.05, 0) is 35.9 Å². The van der Waals surface area contributed by atoms with Crippen molar-refractivity contribution < 1.29 is 9.53 Å². The number of nitrogens with zero attached hydrogens (tertiary/aromatic N) is 1. The van der Waals surface area contributed by atoms with Crippen LogP contribution in [0.2, 0.25) is 10.0 Å². The van der Waals surface area contributed by atoms with Gasteiger partial charge in [-0.1, -0.05) is 41.4 Å². The molecule has 1 saturated heterocycles. The van der Waals surface area contributed by atoms with Crippen molar-refractivity contribution in [2.24, 2.45) is 0 Å². The molecule has 0 aliphatic carbocycles. The van der Waals surface area contributed by atoms with Crippen molar-refractivity contribution in [2.75, 3.05) is 6.61 Å². The number of esters is 1. The van der Waals surface area contributed by atoms with Gasteiger partial charge in [0, 0.05) is 27.4 Å². The summed E-state index contributed by atoms with van der Waals surface area (Å²) in [5.74, 6) is -0.549. The van der Waals surface area contributed by atoms with Gasteiger partial charge in [-0.2, -0.15) is 0 Å². The highest BCUT2D eigenvalue weighted by Crippen LogP contribution is 2.37. The Morgan fingerprint density at radius 2 is 1.84 bits per heavy atom. The average Bonchev–Trinajstić information content (AvgIpc) is 3.01. The van der Waals surface area contributed by atoms with E-state index >= 15 is 0 Å². The molecule has 6 heteroatoms. The zero-order chi connectivity index (χ0) is 16.7. The predicted octanol–water partition coefficient (Wildman–Crippen LogP) is 5.66. The lowest BCUT2D eigenvalue weighted by Gasteiger charge is -2.13. The quantitative estimate of drug-likeness (QED) is 0.526. The van der Waals surface area contributed by atoms with Crippen LogP contribution in [0, 0.1) is 0 Å². The predicted molar refractivity (Wildman–Crippen MR) is 103 cm³/mol. The smallest absolute Gasteiger partial charge is 0.315 e. The molecule has 1 aliphatic rings. The Balaban J connectivity index is 0.00000182. The second-order valence-corrected chi connectivity index (χ2v) is 6.59. The van der Waals surface area contributed by atoms with Crippen LogP contribution in [0.25, 0.3) is 22.0 Å². The molecule has 25 heavy (non-hydrogen) atoms. The van der Waals surface area contributed by atoms with Crippen LogP contribution in [0.15, 0.2) is 48.5 Å². The van der Waals surface area contributed by atoms with Crippen LogP contribution in [0.5, 0.6) is 0 Å². The molecule has 2 aromatic carbocycles. The molecule has 0 amide bonds. The van der Waals surface area contributed by atoms with E-state index in [9.17, 15) is 4.79 Å². The highest BCUT2D eigenvalue weighted by molar-refractivity contribution is 6.34. The zero-order valence-electron chi connectivity index (χ0n) is 13.0. The molecule has 0 spiro atoms. The second kappa shape index (κ2) is 7.20. The molecular formula is C19H14Cl3NO2. The number of rotatable bonds is 2. The van der Waals surface area contributed by atoms with Crippen LogP contribution in [-0.2, 0) is 9.53 Å². The van der Waals surface area contributed by atoms with Gasteiger partial charge in [-0.25, -0.2) is 0 Å². The van der Waals surface area contributed by atoms with Crippen molar-refractivity contribution in [3.8, 4) is 11.1 Å². The van der Waals surface area contributed by atoms with Gasteiger partial charge in [0.15, 0.2) is 0 Å². The Bertz CT molecular complexity index is 959. The molecule has 0 radical (unpaired) electrons. The molecule has 1 unspecified atom stereocenters. The zero-order valence-corrected chi connectivity index (χ0v) is 15.4. The fourth-order valence-electron chi connectivity index (χ4n) is 3.06. The van der Waals surface area contributed by atoms with Crippen molar-refractivity contribution >= 4 is 52.5 Å². The van der Waals surface area contributed by atoms with Crippen molar-refractivity contribution in [3.05, 3.63) is 64.3 Å². The van der Waals surface area contributed by atoms with Crippen LogP contribution in [-0.4, -0.2) is 17.6 Å². The summed E-state index contributed by atoms with van der Waals surface area (Å²) >= 11 is 12.6. The monoisotopic (exact) mass is 393 g/mol. The van der Waals surface area contributed by atoms with E-state index in [1.165, 1.54) is 0 Å². The first-order chi connectivity index (χ1) is 11.6. The third-order valence-electron chi connectivity index (χ3n) is 4.25. The maximum absolute atomic E-state index is 12.0. The molecule has 0 N–H and O–H groups in total. The minimum Gasteiger partial charge on any atom is -0.465 e. The van der Waals surface area contributed by atoms with Crippen molar-refractivity contribution in [1.82, 2.24) is 4.98 Å². The highest BCUT2D eigenvalue weighted by Gasteiger charge is 2.30. The maximum Gasteiger partial charge on any atom is 0.315 e. The van der Waals surface area contributed by atoms with Crippen LogP contribution in [0.3, 0.4) is 0 Å². The first kappa shape index (κ1) is 18.0. The normalized spacial score (nSPS) is 16.6.